The van der Waals surface area contributed by atoms with Crippen LogP contribution in [-0.4, -0.2) is 87.6 Å². The number of ether oxygens (including phenoxy) is 3. The minimum absolute atomic E-state index is 0.127. The highest BCUT2D eigenvalue weighted by molar-refractivity contribution is 5.80. The number of rotatable bonds is 7. The molecule has 3 unspecified atom stereocenters. The second kappa shape index (κ2) is 11.9. The van der Waals surface area contributed by atoms with Gasteiger partial charge in [-0.15, -0.1) is 0 Å². The van der Waals surface area contributed by atoms with E-state index in [1.54, 1.807) is 7.11 Å². The van der Waals surface area contributed by atoms with E-state index in [4.69, 9.17) is 19.2 Å². The minimum atomic E-state index is 0.127. The van der Waals surface area contributed by atoms with Gasteiger partial charge >= 0.3 is 0 Å². The third kappa shape index (κ3) is 5.74. The molecule has 7 heteroatoms. The summed E-state index contributed by atoms with van der Waals surface area (Å²) < 4.78 is 17.7. The van der Waals surface area contributed by atoms with E-state index in [0.29, 0.717) is 6.54 Å². The van der Waals surface area contributed by atoms with Gasteiger partial charge in [0.15, 0.2) is 5.96 Å². The minimum Gasteiger partial charge on any atom is -0.496 e. The average Bonchev–Trinajstić information content (AvgIpc) is 3.40. The van der Waals surface area contributed by atoms with Crippen LogP contribution in [-0.2, 0) is 9.47 Å². The molecule has 3 aliphatic rings. The maximum absolute atomic E-state index is 6.07. The van der Waals surface area contributed by atoms with Crippen LogP contribution in [0.25, 0.3) is 0 Å². The molecule has 0 bridgehead atoms. The SMILES string of the molecule is CCNC(=NCC(c1ccccc1OC)N1CCCCC1)N1CCOC(C2CCCO2)C1. The van der Waals surface area contributed by atoms with Crippen molar-refractivity contribution in [2.75, 3.05) is 59.6 Å². The van der Waals surface area contributed by atoms with Crippen LogP contribution < -0.4 is 10.1 Å². The number of hydrogen-bond donors (Lipinski definition) is 1. The number of guanidine groups is 1. The van der Waals surface area contributed by atoms with Gasteiger partial charge in [-0.2, -0.15) is 0 Å². The van der Waals surface area contributed by atoms with Gasteiger partial charge in [0.05, 0.1) is 32.4 Å². The molecule has 3 atom stereocenters. The summed E-state index contributed by atoms with van der Waals surface area (Å²) in [5, 5.41) is 3.53. The van der Waals surface area contributed by atoms with Crippen LogP contribution in [0.15, 0.2) is 29.3 Å². The second-order valence-corrected chi connectivity index (χ2v) is 8.96. The standard InChI is InChI=1S/C25H40N4O3/c1-3-26-25(29-15-17-32-24(19-29)23-12-9-16-31-23)27-18-21(28-13-7-4-8-14-28)20-10-5-6-11-22(20)30-2/h5-6,10-11,21,23-24H,3-4,7-9,12-19H2,1-2H3,(H,26,27). The number of para-hydroxylation sites is 1. The predicted molar refractivity (Wildman–Crippen MR) is 127 cm³/mol. The smallest absolute Gasteiger partial charge is 0.194 e. The van der Waals surface area contributed by atoms with E-state index in [9.17, 15) is 0 Å². The summed E-state index contributed by atoms with van der Waals surface area (Å²) >= 11 is 0. The molecule has 0 saturated carbocycles. The van der Waals surface area contributed by atoms with Crippen molar-refractivity contribution in [2.24, 2.45) is 4.99 Å². The molecule has 1 aromatic carbocycles. The lowest BCUT2D eigenvalue weighted by Crippen LogP contribution is -2.53. The van der Waals surface area contributed by atoms with E-state index in [1.165, 1.54) is 24.8 Å². The van der Waals surface area contributed by atoms with E-state index in [1.807, 2.05) is 6.07 Å². The van der Waals surface area contributed by atoms with Crippen LogP contribution in [0.3, 0.4) is 0 Å². The first-order valence-electron chi connectivity index (χ1n) is 12.4. The molecule has 0 amide bonds. The van der Waals surface area contributed by atoms with Crippen LogP contribution in [0.4, 0.5) is 0 Å². The van der Waals surface area contributed by atoms with Crippen molar-refractivity contribution in [1.82, 2.24) is 15.1 Å². The molecular weight excluding hydrogens is 404 g/mol. The maximum Gasteiger partial charge on any atom is 0.194 e. The number of likely N-dealkylation sites (tertiary alicyclic amines) is 1. The first kappa shape index (κ1) is 23.3. The van der Waals surface area contributed by atoms with Gasteiger partial charge in [-0.25, -0.2) is 0 Å². The summed E-state index contributed by atoms with van der Waals surface area (Å²) in [6, 6.07) is 8.63. The Balaban J connectivity index is 1.52. The summed E-state index contributed by atoms with van der Waals surface area (Å²) in [5.41, 5.74) is 1.23. The Hall–Kier alpha value is -1.83. The molecule has 0 aromatic heterocycles. The normalized spacial score (nSPS) is 26.2. The molecule has 7 nitrogen and oxygen atoms in total. The Morgan fingerprint density at radius 3 is 2.66 bits per heavy atom. The van der Waals surface area contributed by atoms with Gasteiger partial charge in [0, 0.05) is 31.8 Å². The van der Waals surface area contributed by atoms with Gasteiger partial charge in [0.25, 0.3) is 0 Å². The van der Waals surface area contributed by atoms with Crippen molar-refractivity contribution in [3.63, 3.8) is 0 Å². The van der Waals surface area contributed by atoms with Crippen LogP contribution in [0.1, 0.15) is 50.6 Å². The lowest BCUT2D eigenvalue weighted by molar-refractivity contribution is -0.0817. The highest BCUT2D eigenvalue weighted by atomic mass is 16.5. The number of morpholine rings is 1. The molecule has 4 rings (SSSR count). The average molecular weight is 445 g/mol. The summed E-state index contributed by atoms with van der Waals surface area (Å²) in [7, 11) is 1.76. The zero-order valence-corrected chi connectivity index (χ0v) is 19.8. The number of aliphatic imine (C=N–C) groups is 1. The van der Waals surface area contributed by atoms with Gasteiger partial charge in [0.2, 0.25) is 0 Å². The van der Waals surface area contributed by atoms with Crippen LogP contribution in [0, 0.1) is 0 Å². The largest absolute Gasteiger partial charge is 0.496 e. The van der Waals surface area contributed by atoms with Crippen molar-refractivity contribution < 1.29 is 14.2 Å². The van der Waals surface area contributed by atoms with Crippen LogP contribution >= 0.6 is 0 Å². The van der Waals surface area contributed by atoms with Crippen molar-refractivity contribution in [1.29, 1.82) is 0 Å². The second-order valence-electron chi connectivity index (χ2n) is 8.96. The summed E-state index contributed by atoms with van der Waals surface area (Å²) in [4.78, 5) is 10.1. The predicted octanol–water partition coefficient (Wildman–Crippen LogP) is 3.07. The van der Waals surface area contributed by atoms with Crippen molar-refractivity contribution in [3.8, 4) is 5.75 Å². The molecular formula is C25H40N4O3. The van der Waals surface area contributed by atoms with Crippen molar-refractivity contribution in [2.45, 2.75) is 57.3 Å². The summed E-state index contributed by atoms with van der Waals surface area (Å²) in [5.74, 6) is 1.93. The Morgan fingerprint density at radius 1 is 1.09 bits per heavy atom. The van der Waals surface area contributed by atoms with E-state index in [2.05, 4.69) is 40.2 Å². The first-order chi connectivity index (χ1) is 15.8. The third-order valence-electron chi connectivity index (χ3n) is 6.85. The molecule has 1 aromatic rings. The van der Waals surface area contributed by atoms with Gasteiger partial charge in [-0.05, 0) is 51.8 Å². The quantitative estimate of drug-likeness (QED) is 0.515. The molecule has 3 fully saturated rings. The molecule has 3 heterocycles. The summed E-state index contributed by atoms with van der Waals surface area (Å²) in [6.45, 7) is 9.20. The lowest BCUT2D eigenvalue weighted by Gasteiger charge is -2.38. The molecule has 178 valence electrons. The number of hydrogen-bond acceptors (Lipinski definition) is 5. The number of nitrogens with one attached hydrogen (secondary N) is 1. The fraction of sp³-hybridized carbons (Fsp3) is 0.720. The van der Waals surface area contributed by atoms with Crippen molar-refractivity contribution >= 4 is 5.96 Å². The third-order valence-corrected chi connectivity index (χ3v) is 6.85. The highest BCUT2D eigenvalue weighted by Crippen LogP contribution is 2.31. The Bertz CT molecular complexity index is 732. The fourth-order valence-corrected chi connectivity index (χ4v) is 5.17. The van der Waals surface area contributed by atoms with Crippen LogP contribution in [0.2, 0.25) is 0 Å². The van der Waals surface area contributed by atoms with E-state index in [-0.39, 0.29) is 18.2 Å². The number of nitrogens with zero attached hydrogens (tertiary/aromatic N) is 3. The zero-order valence-electron chi connectivity index (χ0n) is 19.8. The molecule has 0 aliphatic carbocycles. The molecule has 0 spiro atoms. The monoisotopic (exact) mass is 444 g/mol. The number of benzene rings is 1. The molecule has 3 aliphatic heterocycles. The van der Waals surface area contributed by atoms with Crippen LogP contribution in [0.5, 0.6) is 5.75 Å². The molecule has 1 N–H and O–H groups in total. The highest BCUT2D eigenvalue weighted by Gasteiger charge is 2.32. The lowest BCUT2D eigenvalue weighted by atomic mass is 10.0. The van der Waals surface area contributed by atoms with E-state index in [0.717, 1.165) is 70.5 Å². The maximum atomic E-state index is 6.07. The zero-order chi connectivity index (χ0) is 22.2. The topological polar surface area (TPSA) is 58.6 Å². The van der Waals surface area contributed by atoms with E-state index < -0.39 is 0 Å². The first-order valence-corrected chi connectivity index (χ1v) is 12.4. The Labute approximate surface area is 193 Å². The molecule has 3 saturated heterocycles. The number of methoxy groups -OCH3 is 1. The fourth-order valence-electron chi connectivity index (χ4n) is 5.17. The molecule has 32 heavy (non-hydrogen) atoms. The Morgan fingerprint density at radius 2 is 1.91 bits per heavy atom. The van der Waals surface area contributed by atoms with Crippen molar-refractivity contribution in [3.05, 3.63) is 29.8 Å². The van der Waals surface area contributed by atoms with Gasteiger partial charge in [0.1, 0.15) is 11.9 Å². The van der Waals surface area contributed by atoms with Gasteiger partial charge < -0.3 is 24.4 Å². The van der Waals surface area contributed by atoms with Gasteiger partial charge in [-0.3, -0.25) is 9.89 Å². The molecule has 0 radical (unpaired) electrons. The summed E-state index contributed by atoms with van der Waals surface area (Å²) in [6.07, 6.45) is 6.40. The van der Waals surface area contributed by atoms with Gasteiger partial charge in [-0.1, -0.05) is 24.6 Å². The number of piperidine rings is 1. The van der Waals surface area contributed by atoms with E-state index >= 15 is 0 Å². The Kier molecular flexibility index (Phi) is 8.65.